The van der Waals surface area contributed by atoms with Crippen LogP contribution in [0.4, 0.5) is 13.2 Å². The predicted octanol–water partition coefficient (Wildman–Crippen LogP) is 3.45. The van der Waals surface area contributed by atoms with Crippen molar-refractivity contribution in [3.63, 3.8) is 0 Å². The monoisotopic (exact) mass is 289 g/mol. The van der Waals surface area contributed by atoms with Crippen molar-refractivity contribution in [3.05, 3.63) is 34.4 Å². The number of aryl methyl sites for hydroxylation is 3. The van der Waals surface area contributed by atoms with Gasteiger partial charge in [-0.3, -0.25) is 0 Å². The Labute approximate surface area is 118 Å². The summed E-state index contributed by atoms with van der Waals surface area (Å²) < 4.78 is 40.3. The number of rotatable bonds is 6. The summed E-state index contributed by atoms with van der Waals surface area (Å²) in [5.74, 6) is 0. The van der Waals surface area contributed by atoms with Gasteiger partial charge in [0.2, 0.25) is 0 Å². The molecule has 0 bridgehead atoms. The van der Waals surface area contributed by atoms with Gasteiger partial charge in [0, 0.05) is 12.6 Å². The summed E-state index contributed by atoms with van der Waals surface area (Å²) in [4.78, 5) is 0. The Bertz CT molecular complexity index is 420. The lowest BCUT2D eigenvalue weighted by Crippen LogP contribution is -2.27. The molecule has 0 fully saturated rings. The van der Waals surface area contributed by atoms with Crippen LogP contribution >= 0.6 is 0 Å². The molecule has 1 aromatic carbocycles. The second-order valence-electron chi connectivity index (χ2n) is 5.30. The number of halogens is 3. The van der Waals surface area contributed by atoms with Gasteiger partial charge in [-0.1, -0.05) is 17.7 Å². The SMILES string of the molecule is Cc1cc(C)c(CC(N)CCOCC(F)(F)F)c(C)c1. The maximum atomic E-state index is 11.9. The van der Waals surface area contributed by atoms with E-state index in [0.717, 1.165) is 0 Å². The molecule has 0 aliphatic rings. The fourth-order valence-electron chi connectivity index (χ4n) is 2.32. The second kappa shape index (κ2) is 7.09. The lowest BCUT2D eigenvalue weighted by molar-refractivity contribution is -0.174. The third-order valence-corrected chi connectivity index (χ3v) is 3.21. The van der Waals surface area contributed by atoms with Crippen molar-refractivity contribution >= 4 is 0 Å². The van der Waals surface area contributed by atoms with Gasteiger partial charge in [-0.15, -0.1) is 0 Å². The Morgan fingerprint density at radius 3 is 2.20 bits per heavy atom. The standard InChI is InChI=1S/C15H22F3NO/c1-10-6-11(2)14(12(3)7-10)8-13(19)4-5-20-9-15(16,17)18/h6-7,13H,4-5,8-9,19H2,1-3H3. The van der Waals surface area contributed by atoms with E-state index in [1.807, 2.05) is 20.8 Å². The van der Waals surface area contributed by atoms with Crippen LogP contribution in [0.5, 0.6) is 0 Å². The maximum absolute atomic E-state index is 11.9. The third-order valence-electron chi connectivity index (χ3n) is 3.21. The van der Waals surface area contributed by atoms with Crippen molar-refractivity contribution in [2.75, 3.05) is 13.2 Å². The molecule has 2 nitrogen and oxygen atoms in total. The summed E-state index contributed by atoms with van der Waals surface area (Å²) >= 11 is 0. The van der Waals surface area contributed by atoms with Crippen LogP contribution in [0.1, 0.15) is 28.7 Å². The first-order chi connectivity index (χ1) is 9.19. The smallest absolute Gasteiger partial charge is 0.372 e. The van der Waals surface area contributed by atoms with E-state index in [2.05, 4.69) is 16.9 Å². The number of benzene rings is 1. The quantitative estimate of drug-likeness (QED) is 0.814. The molecule has 0 radical (unpaired) electrons. The van der Waals surface area contributed by atoms with Gasteiger partial charge in [0.25, 0.3) is 0 Å². The molecule has 1 aromatic rings. The highest BCUT2D eigenvalue weighted by Crippen LogP contribution is 2.19. The molecule has 0 amide bonds. The summed E-state index contributed by atoms with van der Waals surface area (Å²) in [6.45, 7) is 4.92. The molecule has 2 N–H and O–H groups in total. The van der Waals surface area contributed by atoms with E-state index < -0.39 is 12.8 Å². The van der Waals surface area contributed by atoms with E-state index >= 15 is 0 Å². The molecule has 0 spiro atoms. The van der Waals surface area contributed by atoms with E-state index in [-0.39, 0.29) is 12.6 Å². The van der Waals surface area contributed by atoms with Crippen LogP contribution in [-0.2, 0) is 11.2 Å². The van der Waals surface area contributed by atoms with Gasteiger partial charge in [0.05, 0.1) is 0 Å². The average molecular weight is 289 g/mol. The van der Waals surface area contributed by atoms with Crippen molar-refractivity contribution in [2.24, 2.45) is 5.73 Å². The fraction of sp³-hybridized carbons (Fsp3) is 0.600. The van der Waals surface area contributed by atoms with E-state index in [9.17, 15) is 13.2 Å². The highest BCUT2D eigenvalue weighted by Gasteiger charge is 2.27. The zero-order chi connectivity index (χ0) is 15.3. The lowest BCUT2D eigenvalue weighted by Gasteiger charge is -2.17. The van der Waals surface area contributed by atoms with Gasteiger partial charge < -0.3 is 10.5 Å². The zero-order valence-corrected chi connectivity index (χ0v) is 12.2. The first-order valence-corrected chi connectivity index (χ1v) is 6.66. The second-order valence-corrected chi connectivity index (χ2v) is 5.30. The predicted molar refractivity (Wildman–Crippen MR) is 73.8 cm³/mol. The highest BCUT2D eigenvalue weighted by molar-refractivity contribution is 5.37. The molecule has 0 saturated carbocycles. The van der Waals surface area contributed by atoms with Crippen LogP contribution in [0.2, 0.25) is 0 Å². The van der Waals surface area contributed by atoms with E-state index in [0.29, 0.717) is 12.8 Å². The lowest BCUT2D eigenvalue weighted by atomic mass is 9.94. The molecule has 20 heavy (non-hydrogen) atoms. The first kappa shape index (κ1) is 17.0. The van der Waals surface area contributed by atoms with E-state index in [4.69, 9.17) is 5.73 Å². The van der Waals surface area contributed by atoms with Crippen molar-refractivity contribution in [1.82, 2.24) is 0 Å². The van der Waals surface area contributed by atoms with E-state index in [1.54, 1.807) is 0 Å². The van der Waals surface area contributed by atoms with Gasteiger partial charge in [-0.2, -0.15) is 13.2 Å². The normalized spacial score (nSPS) is 13.6. The van der Waals surface area contributed by atoms with Crippen molar-refractivity contribution in [3.8, 4) is 0 Å². The van der Waals surface area contributed by atoms with Gasteiger partial charge in [0.1, 0.15) is 6.61 Å². The Hall–Kier alpha value is -1.07. The van der Waals surface area contributed by atoms with Crippen molar-refractivity contribution in [1.29, 1.82) is 0 Å². The number of hydrogen-bond acceptors (Lipinski definition) is 2. The topological polar surface area (TPSA) is 35.2 Å². The van der Waals surface area contributed by atoms with Gasteiger partial charge in [-0.25, -0.2) is 0 Å². The molecule has 114 valence electrons. The molecule has 0 aliphatic heterocycles. The molecule has 5 heteroatoms. The summed E-state index contributed by atoms with van der Waals surface area (Å²) in [5, 5.41) is 0. The van der Waals surface area contributed by atoms with Crippen LogP contribution in [0.15, 0.2) is 12.1 Å². The Morgan fingerprint density at radius 1 is 1.15 bits per heavy atom. The minimum absolute atomic E-state index is 0.0324. The summed E-state index contributed by atoms with van der Waals surface area (Å²) in [7, 11) is 0. The summed E-state index contributed by atoms with van der Waals surface area (Å²) in [6, 6.07) is 3.99. The van der Waals surface area contributed by atoms with Crippen LogP contribution in [0.25, 0.3) is 0 Å². The molecular weight excluding hydrogens is 267 g/mol. The molecule has 0 saturated heterocycles. The van der Waals surface area contributed by atoms with Gasteiger partial charge in [-0.05, 0) is 50.3 Å². The zero-order valence-electron chi connectivity index (χ0n) is 12.2. The fourth-order valence-corrected chi connectivity index (χ4v) is 2.32. The number of alkyl halides is 3. The van der Waals surface area contributed by atoms with Crippen LogP contribution in [0.3, 0.4) is 0 Å². The third kappa shape index (κ3) is 5.92. The minimum atomic E-state index is -4.27. The number of ether oxygens (including phenoxy) is 1. The molecular formula is C15H22F3NO. The minimum Gasteiger partial charge on any atom is -0.372 e. The van der Waals surface area contributed by atoms with Gasteiger partial charge in [0.15, 0.2) is 0 Å². The molecule has 1 unspecified atom stereocenters. The largest absolute Gasteiger partial charge is 0.411 e. The number of nitrogens with two attached hydrogens (primary N) is 1. The van der Waals surface area contributed by atoms with Crippen molar-refractivity contribution in [2.45, 2.75) is 45.8 Å². The Balaban J connectivity index is 2.45. The van der Waals surface area contributed by atoms with Gasteiger partial charge >= 0.3 is 6.18 Å². The Kier molecular flexibility index (Phi) is 6.02. The van der Waals surface area contributed by atoms with Crippen LogP contribution < -0.4 is 5.73 Å². The number of hydrogen-bond donors (Lipinski definition) is 1. The summed E-state index contributed by atoms with van der Waals surface area (Å²) in [5.41, 5.74) is 10.7. The molecule has 1 rings (SSSR count). The Morgan fingerprint density at radius 2 is 1.70 bits per heavy atom. The van der Waals surface area contributed by atoms with E-state index in [1.165, 1.54) is 22.3 Å². The highest BCUT2D eigenvalue weighted by atomic mass is 19.4. The average Bonchev–Trinajstić information content (AvgIpc) is 2.28. The van der Waals surface area contributed by atoms with Crippen LogP contribution in [0, 0.1) is 20.8 Å². The van der Waals surface area contributed by atoms with Crippen LogP contribution in [-0.4, -0.2) is 25.4 Å². The molecule has 1 atom stereocenters. The summed E-state index contributed by atoms with van der Waals surface area (Å²) in [6.07, 6.45) is -3.19. The molecule has 0 heterocycles. The van der Waals surface area contributed by atoms with Crippen molar-refractivity contribution < 1.29 is 17.9 Å². The molecule has 0 aromatic heterocycles. The first-order valence-electron chi connectivity index (χ1n) is 6.66. The maximum Gasteiger partial charge on any atom is 0.411 e. The molecule has 0 aliphatic carbocycles.